The van der Waals surface area contributed by atoms with Crippen molar-refractivity contribution in [2.45, 2.75) is 12.0 Å². The number of rotatable bonds is 3. The van der Waals surface area contributed by atoms with E-state index >= 15 is 0 Å². The van der Waals surface area contributed by atoms with Crippen LogP contribution in [0.15, 0.2) is 0 Å². The summed E-state index contributed by atoms with van der Waals surface area (Å²) in [7, 11) is -5.89. The summed E-state index contributed by atoms with van der Waals surface area (Å²) in [5.41, 5.74) is 0. The van der Waals surface area contributed by atoms with Crippen LogP contribution in [0.2, 0.25) is 0 Å². The van der Waals surface area contributed by atoms with Crippen LogP contribution in [0, 0.1) is 0 Å². The van der Waals surface area contributed by atoms with E-state index in [1.807, 2.05) is 0 Å². The Bertz CT molecular complexity index is 331. The molecule has 14 heavy (non-hydrogen) atoms. The van der Waals surface area contributed by atoms with Gasteiger partial charge in [-0.05, 0) is 0 Å². The fourth-order valence-electron chi connectivity index (χ4n) is 0.349. The lowest BCUT2D eigenvalue weighted by Crippen LogP contribution is -2.51. The average molecular weight is 242 g/mol. The van der Waals surface area contributed by atoms with E-state index in [9.17, 15) is 30.8 Å². The van der Waals surface area contributed by atoms with Gasteiger partial charge in [-0.25, -0.2) is 4.79 Å². The minimum atomic E-state index is -6.14. The molecule has 11 heteroatoms. The number of hydrogen-bond acceptors (Lipinski definition) is 4. The lowest BCUT2D eigenvalue weighted by molar-refractivity contribution is -0.295. The molecule has 0 aliphatic carbocycles. The molecule has 0 aromatic heterocycles. The van der Waals surface area contributed by atoms with Crippen LogP contribution < -0.4 is 0 Å². The Kier molecular flexibility index (Phi) is 3.10. The molecule has 1 atom stereocenters. The van der Waals surface area contributed by atoms with Crippen molar-refractivity contribution >= 4 is 16.4 Å². The molecule has 0 saturated carbocycles. The van der Waals surface area contributed by atoms with Gasteiger partial charge in [-0.1, -0.05) is 0 Å². The fourth-order valence-corrected chi connectivity index (χ4v) is 0.805. The standard InChI is InChI=1S/C3H2F4O6S/c4-2(1(8)9,3(5,6)7)13-14(10,11)12/h(H,8,9)(H,10,11,12). The zero-order valence-corrected chi connectivity index (χ0v) is 6.76. The number of alkyl halides is 4. The van der Waals surface area contributed by atoms with Crippen molar-refractivity contribution in [1.29, 1.82) is 0 Å². The van der Waals surface area contributed by atoms with E-state index < -0.39 is 28.4 Å². The van der Waals surface area contributed by atoms with Gasteiger partial charge in [0.2, 0.25) is 0 Å². The molecule has 0 heterocycles. The second-order valence-electron chi connectivity index (χ2n) is 1.91. The van der Waals surface area contributed by atoms with Crippen LogP contribution in [0.25, 0.3) is 0 Å². The van der Waals surface area contributed by atoms with Crippen molar-refractivity contribution in [3.05, 3.63) is 0 Å². The Hall–Kier alpha value is -0.940. The maximum atomic E-state index is 12.4. The van der Waals surface area contributed by atoms with E-state index in [2.05, 4.69) is 4.18 Å². The summed E-state index contributed by atoms with van der Waals surface area (Å²) in [5.74, 6) is -8.75. The van der Waals surface area contributed by atoms with E-state index in [-0.39, 0.29) is 0 Å². The van der Waals surface area contributed by atoms with E-state index in [1.165, 1.54) is 0 Å². The first-order valence-electron chi connectivity index (χ1n) is 2.57. The molecule has 0 amide bonds. The average Bonchev–Trinajstić information content (AvgIpc) is 1.79. The third-order valence-electron chi connectivity index (χ3n) is 0.860. The smallest absolute Gasteiger partial charge is 0.461 e. The van der Waals surface area contributed by atoms with Crippen molar-refractivity contribution in [2.24, 2.45) is 0 Å². The van der Waals surface area contributed by atoms with Crippen molar-refractivity contribution < 1.29 is 44.6 Å². The lowest BCUT2D eigenvalue weighted by atomic mass is 10.3. The van der Waals surface area contributed by atoms with Crippen LogP contribution in [-0.2, 0) is 19.4 Å². The summed E-state index contributed by atoms with van der Waals surface area (Å²) in [6, 6.07) is 0. The van der Waals surface area contributed by atoms with Crippen LogP contribution in [0.1, 0.15) is 0 Å². The highest BCUT2D eigenvalue weighted by Gasteiger charge is 2.67. The number of hydrogen-bond donors (Lipinski definition) is 2. The zero-order valence-electron chi connectivity index (χ0n) is 5.95. The summed E-state index contributed by atoms with van der Waals surface area (Å²) in [5, 5.41) is 7.74. The van der Waals surface area contributed by atoms with Crippen LogP contribution in [-0.4, -0.2) is 36.1 Å². The molecule has 0 aliphatic heterocycles. The molecule has 0 fully saturated rings. The second-order valence-corrected chi connectivity index (χ2v) is 2.93. The Morgan fingerprint density at radius 3 is 1.64 bits per heavy atom. The molecule has 1 unspecified atom stereocenters. The monoisotopic (exact) mass is 242 g/mol. The highest BCUT2D eigenvalue weighted by Crippen LogP contribution is 2.36. The third kappa shape index (κ3) is 2.78. The molecular weight excluding hydrogens is 240 g/mol. The van der Waals surface area contributed by atoms with E-state index in [0.717, 1.165) is 0 Å². The minimum absolute atomic E-state index is 2.39. The van der Waals surface area contributed by atoms with Gasteiger partial charge in [0.15, 0.2) is 0 Å². The fraction of sp³-hybridized carbons (Fsp3) is 0.667. The molecule has 0 rings (SSSR count). The molecule has 84 valence electrons. The molecular formula is C3H2F4O6S. The Balaban J connectivity index is 5.25. The first kappa shape index (κ1) is 13.1. The lowest BCUT2D eigenvalue weighted by Gasteiger charge is -2.20. The minimum Gasteiger partial charge on any atom is -0.477 e. The van der Waals surface area contributed by atoms with Crippen LogP contribution in [0.5, 0.6) is 0 Å². The largest absolute Gasteiger partial charge is 0.477 e. The van der Waals surface area contributed by atoms with Gasteiger partial charge in [-0.15, -0.1) is 0 Å². The maximum Gasteiger partial charge on any atom is 0.461 e. The van der Waals surface area contributed by atoms with Crippen molar-refractivity contribution in [2.75, 3.05) is 0 Å². The highest BCUT2D eigenvalue weighted by atomic mass is 32.3. The number of carboxylic acids is 1. The van der Waals surface area contributed by atoms with Crippen molar-refractivity contribution in [3.63, 3.8) is 0 Å². The molecule has 0 saturated heterocycles. The van der Waals surface area contributed by atoms with E-state index in [1.54, 1.807) is 0 Å². The van der Waals surface area contributed by atoms with Crippen molar-refractivity contribution in [1.82, 2.24) is 0 Å². The molecule has 0 spiro atoms. The van der Waals surface area contributed by atoms with Gasteiger partial charge < -0.3 is 5.11 Å². The molecule has 0 aromatic rings. The number of halogens is 4. The maximum absolute atomic E-state index is 12.4. The van der Waals surface area contributed by atoms with Gasteiger partial charge in [-0.3, -0.25) is 4.55 Å². The third-order valence-corrected chi connectivity index (χ3v) is 1.30. The van der Waals surface area contributed by atoms with Gasteiger partial charge in [0, 0.05) is 0 Å². The molecule has 2 N–H and O–H groups in total. The first-order valence-corrected chi connectivity index (χ1v) is 3.94. The molecule has 0 bridgehead atoms. The van der Waals surface area contributed by atoms with Gasteiger partial charge in [0.1, 0.15) is 0 Å². The Morgan fingerprint density at radius 1 is 1.21 bits per heavy atom. The van der Waals surface area contributed by atoms with Gasteiger partial charge in [0.25, 0.3) is 0 Å². The van der Waals surface area contributed by atoms with Crippen LogP contribution >= 0.6 is 0 Å². The highest BCUT2D eigenvalue weighted by molar-refractivity contribution is 7.81. The summed E-state index contributed by atoms with van der Waals surface area (Å²) in [6.07, 6.45) is -6.14. The quantitative estimate of drug-likeness (QED) is 0.538. The van der Waals surface area contributed by atoms with Gasteiger partial charge in [-0.2, -0.15) is 30.2 Å². The molecule has 0 radical (unpaired) electrons. The van der Waals surface area contributed by atoms with Crippen molar-refractivity contribution in [3.8, 4) is 0 Å². The summed E-state index contributed by atoms with van der Waals surface area (Å²) in [4.78, 5) is 9.75. The first-order chi connectivity index (χ1) is 5.90. The number of aliphatic carboxylic acids is 1. The van der Waals surface area contributed by atoms with Gasteiger partial charge in [0.05, 0.1) is 0 Å². The topological polar surface area (TPSA) is 101 Å². The van der Waals surface area contributed by atoms with E-state index in [0.29, 0.717) is 0 Å². The molecule has 0 aliphatic rings. The number of carboxylic acid groups (broad SMARTS) is 1. The predicted octanol–water partition coefficient (Wildman–Crippen LogP) is 0.119. The van der Waals surface area contributed by atoms with Crippen LogP contribution in [0.4, 0.5) is 17.6 Å². The molecule has 6 nitrogen and oxygen atoms in total. The predicted molar refractivity (Wildman–Crippen MR) is 30.2 cm³/mol. The van der Waals surface area contributed by atoms with Gasteiger partial charge >= 0.3 is 28.4 Å². The Labute approximate surface area is 74.0 Å². The Morgan fingerprint density at radius 2 is 1.57 bits per heavy atom. The summed E-state index contributed by atoms with van der Waals surface area (Å²) < 4.78 is 76.9. The summed E-state index contributed by atoms with van der Waals surface area (Å²) in [6.45, 7) is 0. The normalized spacial score (nSPS) is 17.5. The van der Waals surface area contributed by atoms with E-state index in [4.69, 9.17) is 9.66 Å². The second kappa shape index (κ2) is 3.33. The molecule has 0 aromatic carbocycles. The summed E-state index contributed by atoms with van der Waals surface area (Å²) >= 11 is 0. The SMILES string of the molecule is O=C(O)C(F)(OS(=O)(=O)O)C(F)(F)F. The number of carbonyl (C=O) groups is 1. The zero-order chi connectivity index (χ0) is 11.8. The van der Waals surface area contributed by atoms with Crippen LogP contribution in [0.3, 0.4) is 0 Å².